The summed E-state index contributed by atoms with van der Waals surface area (Å²) in [7, 11) is 0. The van der Waals surface area contributed by atoms with Crippen molar-refractivity contribution in [3.63, 3.8) is 0 Å². The average molecular weight is 205 g/mol. The molecular formula is C9H7N3OS. The molecule has 2 aromatic rings. The van der Waals surface area contributed by atoms with Crippen LogP contribution in [-0.4, -0.2) is 15.9 Å². The van der Waals surface area contributed by atoms with Gasteiger partial charge < -0.3 is 5.32 Å². The van der Waals surface area contributed by atoms with Gasteiger partial charge in [0.15, 0.2) is 0 Å². The van der Waals surface area contributed by atoms with E-state index < -0.39 is 0 Å². The maximum Gasteiger partial charge on any atom is 0.265 e. The van der Waals surface area contributed by atoms with Gasteiger partial charge in [0.1, 0.15) is 10.3 Å². The van der Waals surface area contributed by atoms with Crippen molar-refractivity contribution in [2.75, 3.05) is 0 Å². The fraction of sp³-hybridized carbons (Fsp3) is 0. The predicted molar refractivity (Wildman–Crippen MR) is 55.1 cm³/mol. The molecule has 0 radical (unpaired) electrons. The van der Waals surface area contributed by atoms with E-state index in [4.69, 9.17) is 0 Å². The number of hydrogen-bond donors (Lipinski definition) is 1. The molecule has 0 aromatic carbocycles. The smallest absolute Gasteiger partial charge is 0.265 e. The van der Waals surface area contributed by atoms with Gasteiger partial charge in [-0.1, -0.05) is 6.58 Å². The van der Waals surface area contributed by atoms with Crippen LogP contribution in [0.3, 0.4) is 0 Å². The van der Waals surface area contributed by atoms with E-state index in [1.165, 1.54) is 17.5 Å². The third-order valence-corrected chi connectivity index (χ3v) is 2.65. The Bertz CT molecular complexity index is 459. The van der Waals surface area contributed by atoms with Gasteiger partial charge in [-0.05, 0) is 12.3 Å². The molecule has 0 aliphatic carbocycles. The second kappa shape index (κ2) is 3.55. The number of amides is 1. The van der Waals surface area contributed by atoms with Gasteiger partial charge in [0.25, 0.3) is 5.91 Å². The van der Waals surface area contributed by atoms with Gasteiger partial charge in [0, 0.05) is 12.4 Å². The molecule has 14 heavy (non-hydrogen) atoms. The predicted octanol–water partition coefficient (Wildman–Crippen LogP) is 1.56. The monoisotopic (exact) mass is 205 g/mol. The fourth-order valence-electron chi connectivity index (χ4n) is 1.05. The Morgan fingerprint density at radius 3 is 3.00 bits per heavy atom. The zero-order valence-corrected chi connectivity index (χ0v) is 8.04. The molecule has 0 saturated heterocycles. The fourth-order valence-corrected chi connectivity index (χ4v) is 1.91. The van der Waals surface area contributed by atoms with E-state index in [2.05, 4.69) is 21.9 Å². The van der Waals surface area contributed by atoms with Crippen molar-refractivity contribution in [3.05, 3.63) is 36.1 Å². The molecule has 1 N–H and O–H groups in total. The van der Waals surface area contributed by atoms with E-state index in [-0.39, 0.29) is 5.91 Å². The van der Waals surface area contributed by atoms with Crippen LogP contribution >= 0.6 is 11.3 Å². The number of carbonyl (C=O) groups excluding carboxylic acids is 1. The molecule has 2 aromatic heterocycles. The first-order chi connectivity index (χ1) is 6.81. The number of nitrogens with one attached hydrogen (secondary N) is 1. The number of fused-ring (bicyclic) bond motifs is 1. The second-order valence-electron chi connectivity index (χ2n) is 2.53. The molecular weight excluding hydrogens is 198 g/mol. The zero-order chi connectivity index (χ0) is 9.97. The summed E-state index contributed by atoms with van der Waals surface area (Å²) in [5, 5.41) is 2.50. The van der Waals surface area contributed by atoms with Crippen LogP contribution in [0.4, 0.5) is 0 Å². The van der Waals surface area contributed by atoms with E-state index >= 15 is 0 Å². The first kappa shape index (κ1) is 8.83. The van der Waals surface area contributed by atoms with Crippen molar-refractivity contribution >= 4 is 27.6 Å². The van der Waals surface area contributed by atoms with Crippen LogP contribution in [0.15, 0.2) is 31.2 Å². The first-order valence-corrected chi connectivity index (χ1v) is 4.75. The molecule has 0 fully saturated rings. The third kappa shape index (κ3) is 1.49. The van der Waals surface area contributed by atoms with E-state index in [1.54, 1.807) is 18.5 Å². The highest BCUT2D eigenvalue weighted by Crippen LogP contribution is 2.20. The summed E-state index contributed by atoms with van der Waals surface area (Å²) in [4.78, 5) is 20.9. The van der Waals surface area contributed by atoms with Crippen LogP contribution in [0.5, 0.6) is 0 Å². The lowest BCUT2D eigenvalue weighted by Crippen LogP contribution is -2.14. The van der Waals surface area contributed by atoms with Gasteiger partial charge in [-0.25, -0.2) is 4.98 Å². The molecule has 4 nitrogen and oxygen atoms in total. The minimum absolute atomic E-state index is 0.176. The Morgan fingerprint density at radius 2 is 2.29 bits per heavy atom. The quantitative estimate of drug-likeness (QED) is 0.809. The SMILES string of the molecule is C=CNC(=O)c1cc2nccnc2s1. The third-order valence-electron chi connectivity index (χ3n) is 1.62. The molecule has 70 valence electrons. The van der Waals surface area contributed by atoms with Gasteiger partial charge in [0.05, 0.1) is 4.88 Å². The number of aromatic nitrogens is 2. The Morgan fingerprint density at radius 1 is 1.50 bits per heavy atom. The molecule has 0 spiro atoms. The first-order valence-electron chi connectivity index (χ1n) is 3.93. The lowest BCUT2D eigenvalue weighted by atomic mass is 10.4. The molecule has 0 unspecified atom stereocenters. The van der Waals surface area contributed by atoms with Crippen LogP contribution in [0.1, 0.15) is 9.67 Å². The zero-order valence-electron chi connectivity index (χ0n) is 7.23. The lowest BCUT2D eigenvalue weighted by molar-refractivity contribution is 0.0974. The highest BCUT2D eigenvalue weighted by atomic mass is 32.1. The minimum atomic E-state index is -0.176. The van der Waals surface area contributed by atoms with Crippen molar-refractivity contribution in [3.8, 4) is 0 Å². The second-order valence-corrected chi connectivity index (χ2v) is 3.57. The molecule has 1 amide bonds. The molecule has 5 heteroatoms. The number of rotatable bonds is 2. The number of nitrogens with zero attached hydrogens (tertiary/aromatic N) is 2. The van der Waals surface area contributed by atoms with Gasteiger partial charge in [-0.3, -0.25) is 9.78 Å². The molecule has 2 rings (SSSR count). The van der Waals surface area contributed by atoms with Gasteiger partial charge in [-0.15, -0.1) is 11.3 Å². The number of carbonyl (C=O) groups is 1. The Balaban J connectivity index is 2.44. The summed E-state index contributed by atoms with van der Waals surface area (Å²) in [5.74, 6) is -0.176. The summed E-state index contributed by atoms with van der Waals surface area (Å²) in [6, 6.07) is 1.71. The highest BCUT2D eigenvalue weighted by molar-refractivity contribution is 7.20. The largest absolute Gasteiger partial charge is 0.328 e. The van der Waals surface area contributed by atoms with Crippen LogP contribution < -0.4 is 5.32 Å². The maximum atomic E-state index is 11.4. The van der Waals surface area contributed by atoms with Gasteiger partial charge >= 0.3 is 0 Å². The minimum Gasteiger partial charge on any atom is -0.328 e. The van der Waals surface area contributed by atoms with Crippen LogP contribution in [-0.2, 0) is 0 Å². The Labute approximate surface area is 84.3 Å². The van der Waals surface area contributed by atoms with E-state index in [9.17, 15) is 4.79 Å². The summed E-state index contributed by atoms with van der Waals surface area (Å²) in [6.45, 7) is 3.42. The topological polar surface area (TPSA) is 54.9 Å². The van der Waals surface area contributed by atoms with E-state index in [1.807, 2.05) is 0 Å². The van der Waals surface area contributed by atoms with Crippen LogP contribution in [0.2, 0.25) is 0 Å². The summed E-state index contributed by atoms with van der Waals surface area (Å²) in [6.07, 6.45) is 4.56. The van der Waals surface area contributed by atoms with Crippen LogP contribution in [0.25, 0.3) is 10.3 Å². The van der Waals surface area contributed by atoms with Crippen molar-refractivity contribution in [2.24, 2.45) is 0 Å². The standard InChI is InChI=1S/C9H7N3OS/c1-2-10-8(13)7-5-6-9(14-7)12-4-3-11-6/h2-5H,1H2,(H,10,13). The molecule has 0 saturated carbocycles. The number of thiophene rings is 1. The highest BCUT2D eigenvalue weighted by Gasteiger charge is 2.09. The van der Waals surface area contributed by atoms with Crippen molar-refractivity contribution in [1.29, 1.82) is 0 Å². The summed E-state index contributed by atoms with van der Waals surface area (Å²) >= 11 is 1.31. The molecule has 0 bridgehead atoms. The van der Waals surface area contributed by atoms with Crippen molar-refractivity contribution in [1.82, 2.24) is 15.3 Å². The Hall–Kier alpha value is -1.75. The maximum absolute atomic E-state index is 11.4. The molecule has 0 atom stereocenters. The molecule has 2 heterocycles. The number of hydrogen-bond acceptors (Lipinski definition) is 4. The average Bonchev–Trinajstić information content (AvgIpc) is 2.61. The summed E-state index contributed by atoms with van der Waals surface area (Å²) in [5.41, 5.74) is 0.742. The van der Waals surface area contributed by atoms with Gasteiger partial charge in [0.2, 0.25) is 0 Å². The van der Waals surface area contributed by atoms with E-state index in [0.717, 1.165) is 10.3 Å². The summed E-state index contributed by atoms with van der Waals surface area (Å²) < 4.78 is 0. The molecule has 0 aliphatic rings. The Kier molecular flexibility index (Phi) is 2.24. The normalized spacial score (nSPS) is 10.0. The van der Waals surface area contributed by atoms with E-state index in [0.29, 0.717) is 4.88 Å². The van der Waals surface area contributed by atoms with Gasteiger partial charge in [-0.2, -0.15) is 0 Å². The van der Waals surface area contributed by atoms with Crippen molar-refractivity contribution in [2.45, 2.75) is 0 Å². The van der Waals surface area contributed by atoms with Crippen molar-refractivity contribution < 1.29 is 4.79 Å². The van der Waals surface area contributed by atoms with Crippen LogP contribution in [0, 0.1) is 0 Å². The lowest BCUT2D eigenvalue weighted by Gasteiger charge is -1.92. The molecule has 0 aliphatic heterocycles.